The maximum absolute atomic E-state index is 13.2. The van der Waals surface area contributed by atoms with Crippen molar-refractivity contribution in [1.29, 1.82) is 0 Å². The van der Waals surface area contributed by atoms with Gasteiger partial charge >= 0.3 is 0 Å². The van der Waals surface area contributed by atoms with E-state index in [0.29, 0.717) is 18.4 Å². The topological polar surface area (TPSA) is 68.5 Å². The highest BCUT2D eigenvalue weighted by Crippen LogP contribution is 2.26. The van der Waals surface area contributed by atoms with Gasteiger partial charge in [0.15, 0.2) is 5.78 Å². The number of sulfone groups is 1. The summed E-state index contributed by atoms with van der Waals surface area (Å²) in [5.41, 5.74) is 4.15. The molecule has 5 aromatic rings. The van der Waals surface area contributed by atoms with E-state index < -0.39 is 9.84 Å². The number of nitrogens with zero attached hydrogens (tertiary/aromatic N) is 2. The number of pyridine rings is 1. The zero-order chi connectivity index (χ0) is 23.5. The summed E-state index contributed by atoms with van der Waals surface area (Å²) < 4.78 is 28.2. The van der Waals surface area contributed by atoms with Crippen molar-refractivity contribution in [2.24, 2.45) is 0 Å². The number of imidazole rings is 1. The first kappa shape index (κ1) is 21.8. The number of carbonyl (C=O) groups excluding carboxylic acids is 1. The minimum Gasteiger partial charge on any atom is -0.306 e. The van der Waals surface area contributed by atoms with Crippen LogP contribution in [0.3, 0.4) is 0 Å². The molecule has 6 heteroatoms. The third-order valence-electron chi connectivity index (χ3n) is 5.84. The monoisotopic (exact) mass is 466 g/mol. The first-order valence-electron chi connectivity index (χ1n) is 11.0. The van der Waals surface area contributed by atoms with Crippen LogP contribution >= 0.6 is 0 Å². The molecule has 168 valence electrons. The molecule has 34 heavy (non-hydrogen) atoms. The van der Waals surface area contributed by atoms with Gasteiger partial charge in [-0.25, -0.2) is 13.4 Å². The van der Waals surface area contributed by atoms with E-state index in [9.17, 15) is 13.2 Å². The number of rotatable bonds is 7. The third-order valence-corrected chi connectivity index (χ3v) is 7.60. The number of aryl methyl sites for hydroxylation is 1. The van der Waals surface area contributed by atoms with Gasteiger partial charge in [0, 0.05) is 30.6 Å². The molecule has 3 aromatic carbocycles. The molecule has 0 spiro atoms. The lowest BCUT2D eigenvalue weighted by atomic mass is 10.0. The summed E-state index contributed by atoms with van der Waals surface area (Å²) in [6.45, 7) is 0. The summed E-state index contributed by atoms with van der Waals surface area (Å²) in [7, 11) is -3.65. The second-order valence-electron chi connectivity index (χ2n) is 8.07. The lowest BCUT2D eigenvalue weighted by Gasteiger charge is -2.09. The van der Waals surface area contributed by atoms with Crippen molar-refractivity contribution in [2.45, 2.75) is 22.6 Å². The van der Waals surface area contributed by atoms with E-state index in [1.807, 2.05) is 46.9 Å². The summed E-state index contributed by atoms with van der Waals surface area (Å²) in [4.78, 5) is 17.3. The first-order chi connectivity index (χ1) is 16.5. The van der Waals surface area contributed by atoms with Crippen molar-refractivity contribution in [3.63, 3.8) is 0 Å². The van der Waals surface area contributed by atoms with Gasteiger partial charge in [0.25, 0.3) is 0 Å². The Morgan fingerprint density at radius 2 is 1.56 bits per heavy atom. The standard InChI is InChI=1S/C28H22N2O3S/c31-27(24-12-16-28-29-17-18-30(28)20-24)15-11-21-9-13-25(14-10-21)34(32,33)26-8-4-7-23(19-26)22-5-2-1-3-6-22/h1-10,12-14,16-20H,11,15H2. The molecular formula is C28H22N2O3S. The summed E-state index contributed by atoms with van der Waals surface area (Å²) in [5, 5.41) is 0. The fraction of sp³-hybridized carbons (Fsp3) is 0.0714. The minimum absolute atomic E-state index is 0.0324. The van der Waals surface area contributed by atoms with Crippen molar-refractivity contribution in [1.82, 2.24) is 9.38 Å². The Kier molecular flexibility index (Phi) is 5.82. The van der Waals surface area contributed by atoms with Crippen LogP contribution in [0.5, 0.6) is 0 Å². The van der Waals surface area contributed by atoms with Gasteiger partial charge in [0.1, 0.15) is 5.65 Å². The Labute approximate surface area is 198 Å². The van der Waals surface area contributed by atoms with Gasteiger partial charge in [-0.3, -0.25) is 4.79 Å². The van der Waals surface area contributed by atoms with E-state index in [0.717, 1.165) is 22.3 Å². The maximum atomic E-state index is 13.2. The number of fused-ring (bicyclic) bond motifs is 1. The highest BCUT2D eigenvalue weighted by Gasteiger charge is 2.18. The van der Waals surface area contributed by atoms with E-state index in [-0.39, 0.29) is 15.6 Å². The number of Topliss-reactive ketones (excluding diaryl/α,β-unsaturated/α-hetero) is 1. The van der Waals surface area contributed by atoms with E-state index in [1.165, 1.54) is 0 Å². The van der Waals surface area contributed by atoms with Crippen molar-refractivity contribution in [3.05, 3.63) is 121 Å². The van der Waals surface area contributed by atoms with Gasteiger partial charge < -0.3 is 4.40 Å². The number of carbonyl (C=O) groups is 1. The molecule has 0 bridgehead atoms. The molecule has 0 atom stereocenters. The van der Waals surface area contributed by atoms with Crippen molar-refractivity contribution < 1.29 is 13.2 Å². The maximum Gasteiger partial charge on any atom is 0.206 e. The zero-order valence-electron chi connectivity index (χ0n) is 18.3. The van der Waals surface area contributed by atoms with E-state index in [2.05, 4.69) is 4.98 Å². The zero-order valence-corrected chi connectivity index (χ0v) is 19.2. The van der Waals surface area contributed by atoms with Crippen molar-refractivity contribution in [3.8, 4) is 11.1 Å². The molecule has 0 N–H and O–H groups in total. The predicted molar refractivity (Wildman–Crippen MR) is 132 cm³/mol. The second kappa shape index (κ2) is 9.08. The van der Waals surface area contributed by atoms with Crippen molar-refractivity contribution >= 4 is 21.3 Å². The van der Waals surface area contributed by atoms with Crippen LogP contribution in [0.15, 0.2) is 119 Å². The highest BCUT2D eigenvalue weighted by atomic mass is 32.2. The van der Waals surface area contributed by atoms with E-state index in [1.54, 1.807) is 67.1 Å². The van der Waals surface area contributed by atoms with Crippen LogP contribution in [0.25, 0.3) is 16.8 Å². The Balaban J connectivity index is 1.30. The Morgan fingerprint density at radius 1 is 0.794 bits per heavy atom. The Bertz CT molecular complexity index is 1570. The number of benzene rings is 3. The van der Waals surface area contributed by atoms with Crippen LogP contribution in [-0.4, -0.2) is 23.6 Å². The van der Waals surface area contributed by atoms with Gasteiger partial charge in [-0.1, -0.05) is 54.6 Å². The summed E-state index contributed by atoms with van der Waals surface area (Å²) in [6, 6.07) is 27.1. The Morgan fingerprint density at radius 3 is 2.35 bits per heavy atom. The highest BCUT2D eigenvalue weighted by molar-refractivity contribution is 7.91. The molecule has 0 unspecified atom stereocenters. The molecule has 2 heterocycles. The van der Waals surface area contributed by atoms with Gasteiger partial charge in [-0.2, -0.15) is 0 Å². The van der Waals surface area contributed by atoms with Crippen LogP contribution in [0, 0.1) is 0 Å². The number of hydrogen-bond acceptors (Lipinski definition) is 4. The lowest BCUT2D eigenvalue weighted by Crippen LogP contribution is -2.04. The van der Waals surface area contributed by atoms with Gasteiger partial charge in [0.2, 0.25) is 9.84 Å². The largest absolute Gasteiger partial charge is 0.306 e. The number of ketones is 1. The van der Waals surface area contributed by atoms with Crippen LogP contribution in [0.4, 0.5) is 0 Å². The lowest BCUT2D eigenvalue weighted by molar-refractivity contribution is 0.0982. The first-order valence-corrected chi connectivity index (χ1v) is 12.4. The van der Waals surface area contributed by atoms with E-state index in [4.69, 9.17) is 0 Å². The molecule has 0 fully saturated rings. The van der Waals surface area contributed by atoms with Gasteiger partial charge in [-0.15, -0.1) is 0 Å². The van der Waals surface area contributed by atoms with E-state index >= 15 is 0 Å². The van der Waals surface area contributed by atoms with Crippen LogP contribution in [0.1, 0.15) is 22.3 Å². The number of aromatic nitrogens is 2. The summed E-state index contributed by atoms with van der Waals surface area (Å²) >= 11 is 0. The molecule has 0 aliphatic rings. The number of hydrogen-bond donors (Lipinski definition) is 0. The molecule has 0 radical (unpaired) electrons. The fourth-order valence-electron chi connectivity index (χ4n) is 3.93. The second-order valence-corrected chi connectivity index (χ2v) is 10.0. The van der Waals surface area contributed by atoms with Gasteiger partial charge in [-0.05, 0) is 59.5 Å². The summed E-state index contributed by atoms with van der Waals surface area (Å²) in [5.74, 6) is 0.0324. The smallest absolute Gasteiger partial charge is 0.206 e. The fourth-order valence-corrected chi connectivity index (χ4v) is 5.24. The van der Waals surface area contributed by atoms with Crippen LogP contribution < -0.4 is 0 Å². The molecule has 0 saturated carbocycles. The molecule has 2 aromatic heterocycles. The quantitative estimate of drug-likeness (QED) is 0.291. The van der Waals surface area contributed by atoms with Gasteiger partial charge in [0.05, 0.1) is 9.79 Å². The molecule has 0 saturated heterocycles. The van der Waals surface area contributed by atoms with Crippen LogP contribution in [0.2, 0.25) is 0 Å². The molecule has 0 amide bonds. The normalized spacial score (nSPS) is 11.5. The molecule has 0 aliphatic carbocycles. The average Bonchev–Trinajstić information content (AvgIpc) is 3.36. The molecule has 5 rings (SSSR count). The molecular weight excluding hydrogens is 444 g/mol. The average molecular weight is 467 g/mol. The summed E-state index contributed by atoms with van der Waals surface area (Å²) in [6.07, 6.45) is 6.15. The SMILES string of the molecule is O=C(CCc1ccc(S(=O)(=O)c2cccc(-c3ccccc3)c2)cc1)c1ccc2nccn2c1. The minimum atomic E-state index is -3.65. The van der Waals surface area contributed by atoms with Crippen LogP contribution in [-0.2, 0) is 16.3 Å². The van der Waals surface area contributed by atoms with Crippen molar-refractivity contribution in [2.75, 3.05) is 0 Å². The molecule has 0 aliphatic heterocycles. The molecule has 5 nitrogen and oxygen atoms in total. The Hall–Kier alpha value is -4.03. The third kappa shape index (κ3) is 4.40. The predicted octanol–water partition coefficient (Wildman–Crippen LogP) is 5.65.